The first-order chi connectivity index (χ1) is 8.43. The summed E-state index contributed by atoms with van der Waals surface area (Å²) in [6.45, 7) is 7.15. The highest BCUT2D eigenvalue weighted by atomic mass is 35.5. The van der Waals surface area contributed by atoms with Crippen LogP contribution in [0.2, 0.25) is 0 Å². The molecule has 0 saturated carbocycles. The van der Waals surface area contributed by atoms with Crippen molar-refractivity contribution in [3.8, 4) is 0 Å². The second-order valence-electron chi connectivity index (χ2n) is 4.91. The molecule has 19 heavy (non-hydrogen) atoms. The van der Waals surface area contributed by atoms with Crippen molar-refractivity contribution >= 4 is 22.4 Å². The van der Waals surface area contributed by atoms with Crippen LogP contribution >= 0.6 is 12.4 Å². The second-order valence-corrected chi connectivity index (χ2v) is 6.80. The Bertz CT molecular complexity index is 516. The van der Waals surface area contributed by atoms with Crippen molar-refractivity contribution in [3.63, 3.8) is 0 Å². The molecule has 4 nitrogen and oxygen atoms in total. The topological polar surface area (TPSA) is 49.4 Å². The maximum absolute atomic E-state index is 12.6. The van der Waals surface area contributed by atoms with Crippen molar-refractivity contribution in [3.05, 3.63) is 29.8 Å². The van der Waals surface area contributed by atoms with Gasteiger partial charge in [0.15, 0.2) is 0 Å². The smallest absolute Gasteiger partial charge is 0.243 e. The fraction of sp³-hybridized carbons (Fsp3) is 0.538. The van der Waals surface area contributed by atoms with Gasteiger partial charge in [0, 0.05) is 25.2 Å². The molecule has 2 rings (SSSR count). The Morgan fingerprint density at radius 2 is 1.79 bits per heavy atom. The Morgan fingerprint density at radius 3 is 2.37 bits per heavy atom. The van der Waals surface area contributed by atoms with Crippen LogP contribution in [-0.4, -0.2) is 37.9 Å². The molecule has 0 bridgehead atoms. The molecule has 1 aliphatic rings. The maximum atomic E-state index is 12.6. The molecule has 0 aromatic heterocycles. The van der Waals surface area contributed by atoms with Gasteiger partial charge >= 0.3 is 0 Å². The third kappa shape index (κ3) is 3.28. The molecule has 1 N–H and O–H groups in total. The highest BCUT2D eigenvalue weighted by Crippen LogP contribution is 2.21. The molecule has 0 aliphatic carbocycles. The van der Waals surface area contributed by atoms with Crippen LogP contribution in [-0.2, 0) is 10.0 Å². The minimum atomic E-state index is -3.37. The lowest BCUT2D eigenvalue weighted by atomic mass is 10.1. The van der Waals surface area contributed by atoms with Gasteiger partial charge in [0.1, 0.15) is 0 Å². The fourth-order valence-corrected chi connectivity index (χ4v) is 3.91. The highest BCUT2D eigenvalue weighted by molar-refractivity contribution is 7.89. The predicted molar refractivity (Wildman–Crippen MR) is 79.2 cm³/mol. The minimum absolute atomic E-state index is 0. The summed E-state index contributed by atoms with van der Waals surface area (Å²) in [5, 5.41) is 3.29. The first kappa shape index (κ1) is 16.4. The normalized spacial score (nSPS) is 24.8. The highest BCUT2D eigenvalue weighted by Gasteiger charge is 2.34. The standard InChI is InChI=1S/C13H20N2O2S.ClH/c1-10-4-6-13(7-5-10)18(16,17)15-9-8-14-11(2)12(15)3;/h4-7,11-12,14H,8-9H2,1-3H3;1H. The zero-order valence-electron chi connectivity index (χ0n) is 11.5. The molecule has 0 amide bonds. The second kappa shape index (κ2) is 6.22. The number of hydrogen-bond acceptors (Lipinski definition) is 3. The van der Waals surface area contributed by atoms with Crippen molar-refractivity contribution in [2.45, 2.75) is 37.8 Å². The molecule has 1 aromatic carbocycles. The van der Waals surface area contributed by atoms with E-state index in [4.69, 9.17) is 0 Å². The van der Waals surface area contributed by atoms with Crippen molar-refractivity contribution < 1.29 is 8.42 Å². The predicted octanol–water partition coefficient (Wildman–Crippen LogP) is 1.79. The summed E-state index contributed by atoms with van der Waals surface area (Å²) in [7, 11) is -3.37. The minimum Gasteiger partial charge on any atom is -0.311 e. The fourth-order valence-electron chi connectivity index (χ4n) is 2.21. The Hall–Kier alpha value is -0.620. The van der Waals surface area contributed by atoms with Gasteiger partial charge in [-0.05, 0) is 32.9 Å². The van der Waals surface area contributed by atoms with E-state index in [2.05, 4.69) is 5.32 Å². The number of rotatable bonds is 2. The third-order valence-electron chi connectivity index (χ3n) is 3.60. The number of nitrogens with zero attached hydrogens (tertiary/aromatic N) is 1. The average Bonchev–Trinajstić information content (AvgIpc) is 2.33. The van der Waals surface area contributed by atoms with Crippen molar-refractivity contribution in [1.82, 2.24) is 9.62 Å². The lowest BCUT2D eigenvalue weighted by Gasteiger charge is -2.37. The van der Waals surface area contributed by atoms with Crippen LogP contribution in [0, 0.1) is 6.92 Å². The Morgan fingerprint density at radius 1 is 1.21 bits per heavy atom. The van der Waals surface area contributed by atoms with Gasteiger partial charge in [0.05, 0.1) is 4.90 Å². The summed E-state index contributed by atoms with van der Waals surface area (Å²) >= 11 is 0. The van der Waals surface area contributed by atoms with Crippen molar-refractivity contribution in [1.29, 1.82) is 0 Å². The number of halogens is 1. The van der Waals surface area contributed by atoms with Crippen LogP contribution in [0.15, 0.2) is 29.2 Å². The Balaban J connectivity index is 0.00000180. The lowest BCUT2D eigenvalue weighted by molar-refractivity contribution is 0.233. The zero-order chi connectivity index (χ0) is 13.3. The van der Waals surface area contributed by atoms with Crippen molar-refractivity contribution in [2.24, 2.45) is 0 Å². The summed E-state index contributed by atoms with van der Waals surface area (Å²) in [5.41, 5.74) is 1.07. The molecule has 2 atom stereocenters. The van der Waals surface area contributed by atoms with Crippen LogP contribution in [0.5, 0.6) is 0 Å². The Kier molecular flexibility index (Phi) is 5.38. The molecule has 0 radical (unpaired) electrons. The van der Waals surface area contributed by atoms with Crippen LogP contribution in [0.1, 0.15) is 19.4 Å². The molecular weight excluding hydrogens is 284 g/mol. The van der Waals surface area contributed by atoms with Crippen molar-refractivity contribution in [2.75, 3.05) is 13.1 Å². The average molecular weight is 305 g/mol. The van der Waals surface area contributed by atoms with E-state index in [9.17, 15) is 8.42 Å². The van der Waals surface area contributed by atoms with Gasteiger partial charge in [-0.2, -0.15) is 4.31 Å². The van der Waals surface area contributed by atoms with E-state index in [1.165, 1.54) is 0 Å². The van der Waals surface area contributed by atoms with E-state index >= 15 is 0 Å². The molecule has 2 unspecified atom stereocenters. The largest absolute Gasteiger partial charge is 0.311 e. The SMILES string of the molecule is Cc1ccc(S(=O)(=O)N2CCNC(C)C2C)cc1.Cl. The van der Waals surface area contributed by atoms with E-state index in [-0.39, 0.29) is 24.5 Å². The molecule has 1 aliphatic heterocycles. The summed E-state index contributed by atoms with van der Waals surface area (Å²) < 4.78 is 26.7. The summed E-state index contributed by atoms with van der Waals surface area (Å²) in [4.78, 5) is 0.383. The lowest BCUT2D eigenvalue weighted by Crippen LogP contribution is -2.57. The van der Waals surface area contributed by atoms with Crippen LogP contribution in [0.25, 0.3) is 0 Å². The molecule has 1 fully saturated rings. The third-order valence-corrected chi connectivity index (χ3v) is 5.60. The summed E-state index contributed by atoms with van der Waals surface area (Å²) in [5.74, 6) is 0. The van der Waals surface area contributed by atoms with E-state index < -0.39 is 10.0 Å². The van der Waals surface area contributed by atoms with Gasteiger partial charge in [0.25, 0.3) is 0 Å². The van der Waals surface area contributed by atoms with Crippen LogP contribution in [0.4, 0.5) is 0 Å². The van der Waals surface area contributed by atoms with E-state index in [1.54, 1.807) is 16.4 Å². The first-order valence-electron chi connectivity index (χ1n) is 6.25. The monoisotopic (exact) mass is 304 g/mol. The maximum Gasteiger partial charge on any atom is 0.243 e. The van der Waals surface area contributed by atoms with Gasteiger partial charge < -0.3 is 5.32 Å². The molecule has 6 heteroatoms. The van der Waals surface area contributed by atoms with Gasteiger partial charge in [0.2, 0.25) is 10.0 Å². The summed E-state index contributed by atoms with van der Waals surface area (Å²) in [6.07, 6.45) is 0. The number of sulfonamides is 1. The van der Waals surface area contributed by atoms with Gasteiger partial charge in [-0.15, -0.1) is 12.4 Å². The first-order valence-corrected chi connectivity index (χ1v) is 7.69. The number of benzene rings is 1. The Labute approximate surface area is 121 Å². The van der Waals surface area contributed by atoms with E-state index in [0.717, 1.165) is 5.56 Å². The number of aryl methyl sites for hydroxylation is 1. The number of hydrogen-bond donors (Lipinski definition) is 1. The van der Waals surface area contributed by atoms with Gasteiger partial charge in [-0.3, -0.25) is 0 Å². The zero-order valence-corrected chi connectivity index (χ0v) is 13.1. The molecule has 108 valence electrons. The molecular formula is C13H21ClN2O2S. The van der Waals surface area contributed by atoms with E-state index in [1.807, 2.05) is 32.9 Å². The quantitative estimate of drug-likeness (QED) is 0.906. The van der Waals surface area contributed by atoms with Crippen LogP contribution in [0.3, 0.4) is 0 Å². The van der Waals surface area contributed by atoms with Crippen LogP contribution < -0.4 is 5.32 Å². The molecule has 1 aromatic rings. The molecule has 1 heterocycles. The summed E-state index contributed by atoms with van der Waals surface area (Å²) in [6, 6.07) is 7.20. The van der Waals surface area contributed by atoms with Gasteiger partial charge in [-0.1, -0.05) is 17.7 Å². The number of piperazine rings is 1. The number of nitrogens with one attached hydrogen (secondary N) is 1. The molecule has 0 spiro atoms. The van der Waals surface area contributed by atoms with Gasteiger partial charge in [-0.25, -0.2) is 8.42 Å². The molecule has 1 saturated heterocycles. The van der Waals surface area contributed by atoms with E-state index in [0.29, 0.717) is 18.0 Å².